The number of carbonyl (C=O) groups excluding carboxylic acids is 3. The molecule has 0 heterocycles. The van der Waals surface area contributed by atoms with Crippen LogP contribution in [0.3, 0.4) is 0 Å². The van der Waals surface area contributed by atoms with Crippen LogP contribution >= 0.6 is 0 Å². The first-order valence-corrected chi connectivity index (χ1v) is 20.5. The number of carbonyl (C=O) groups is 4. The third kappa shape index (κ3) is 7.16. The van der Waals surface area contributed by atoms with Crippen LogP contribution in [0.2, 0.25) is 0 Å². The SMILES string of the molecule is C=C(C)[C@@H]1CC[C@]2(C(=O)NCCC(=O)NCCCCCCCC(=O)O)CC[C@]3(C)[C@H](CCC4[C@@]5(C)CC[C@H](OC(C)=O)C(C)(C)[C@@H]5CC[C@]43C)[C@@H]12. The molecule has 0 spiro atoms. The number of fused-ring (bicyclic) bond motifs is 7. The zero-order valence-corrected chi connectivity index (χ0v) is 33.1. The Labute approximate surface area is 308 Å². The van der Waals surface area contributed by atoms with Gasteiger partial charge in [-0.15, -0.1) is 0 Å². The van der Waals surface area contributed by atoms with E-state index < -0.39 is 11.4 Å². The molecule has 5 aliphatic rings. The van der Waals surface area contributed by atoms with Gasteiger partial charge in [-0.05, 0) is 130 Å². The molecule has 51 heavy (non-hydrogen) atoms. The first-order valence-electron chi connectivity index (χ1n) is 20.5. The number of carboxylic acid groups (broad SMARTS) is 1. The van der Waals surface area contributed by atoms with Crippen LogP contribution in [0.4, 0.5) is 0 Å². The number of esters is 1. The molecule has 0 bridgehead atoms. The van der Waals surface area contributed by atoms with Crippen LogP contribution in [0, 0.1) is 56.7 Å². The highest BCUT2D eigenvalue weighted by atomic mass is 16.5. The lowest BCUT2D eigenvalue weighted by Crippen LogP contribution is -2.67. The molecule has 3 N–H and O–H groups in total. The molecule has 0 aliphatic heterocycles. The molecule has 5 fully saturated rings. The summed E-state index contributed by atoms with van der Waals surface area (Å²) in [5, 5.41) is 15.0. The molecular weight excluding hydrogens is 640 g/mol. The van der Waals surface area contributed by atoms with Crippen LogP contribution in [0.1, 0.15) is 158 Å². The van der Waals surface area contributed by atoms with Gasteiger partial charge in [0.15, 0.2) is 0 Å². The predicted octanol–water partition coefficient (Wildman–Crippen LogP) is 8.62. The van der Waals surface area contributed by atoms with Crippen LogP contribution in [-0.4, -0.2) is 48.1 Å². The number of rotatable bonds is 14. The summed E-state index contributed by atoms with van der Waals surface area (Å²) in [6.45, 7) is 21.7. The molecular formula is C43H70N2O6. The van der Waals surface area contributed by atoms with E-state index in [2.05, 4.69) is 58.8 Å². The Morgan fingerprint density at radius 1 is 0.725 bits per heavy atom. The van der Waals surface area contributed by atoms with E-state index in [1.165, 1.54) is 18.4 Å². The minimum atomic E-state index is -0.745. The Morgan fingerprint density at radius 2 is 1.43 bits per heavy atom. The average Bonchev–Trinajstić information content (AvgIpc) is 3.45. The zero-order valence-electron chi connectivity index (χ0n) is 33.1. The molecule has 8 heteroatoms. The van der Waals surface area contributed by atoms with E-state index in [-0.39, 0.29) is 64.3 Å². The van der Waals surface area contributed by atoms with Crippen molar-refractivity contribution in [2.45, 2.75) is 164 Å². The van der Waals surface area contributed by atoms with Gasteiger partial charge >= 0.3 is 11.9 Å². The number of ether oxygens (including phenoxy) is 1. The molecule has 0 saturated heterocycles. The van der Waals surface area contributed by atoms with Crippen molar-refractivity contribution in [2.75, 3.05) is 13.1 Å². The molecule has 5 aliphatic carbocycles. The van der Waals surface area contributed by atoms with Gasteiger partial charge in [-0.25, -0.2) is 0 Å². The number of aliphatic carboxylic acids is 1. The number of hydrogen-bond acceptors (Lipinski definition) is 5. The van der Waals surface area contributed by atoms with E-state index in [0.717, 1.165) is 77.0 Å². The van der Waals surface area contributed by atoms with Crippen molar-refractivity contribution in [2.24, 2.45) is 56.7 Å². The van der Waals surface area contributed by atoms with E-state index >= 15 is 0 Å². The van der Waals surface area contributed by atoms with Crippen molar-refractivity contribution >= 4 is 23.8 Å². The number of hydrogen-bond donors (Lipinski definition) is 3. The first kappa shape index (κ1) is 39.8. The molecule has 8 nitrogen and oxygen atoms in total. The highest BCUT2D eigenvalue weighted by Gasteiger charge is 2.72. The van der Waals surface area contributed by atoms with E-state index in [9.17, 15) is 19.2 Å². The molecule has 10 atom stereocenters. The summed E-state index contributed by atoms with van der Waals surface area (Å²) < 4.78 is 5.94. The number of carboxylic acids is 1. The second-order valence-corrected chi connectivity index (χ2v) is 19.1. The van der Waals surface area contributed by atoms with Gasteiger partial charge in [-0.1, -0.05) is 66.0 Å². The topological polar surface area (TPSA) is 122 Å². The molecule has 0 aromatic carbocycles. The summed E-state index contributed by atoms with van der Waals surface area (Å²) in [5.41, 5.74) is 1.25. The van der Waals surface area contributed by atoms with Crippen LogP contribution in [-0.2, 0) is 23.9 Å². The van der Waals surface area contributed by atoms with E-state index in [1.54, 1.807) is 6.92 Å². The van der Waals surface area contributed by atoms with Gasteiger partial charge in [-0.2, -0.15) is 0 Å². The summed E-state index contributed by atoms with van der Waals surface area (Å²) in [5.74, 6) is 1.41. The standard InChI is InChI=1S/C43H70N2O6/c1-28(2)30-17-23-43(38(50)45-27-20-35(47)44-26-13-11-9-10-12-14-36(48)49)25-24-41(7)31(37(30)43)15-16-33-40(6)21-19-34(51-29(3)46)39(4,5)32(40)18-22-42(33,41)8/h30-34,37H,1,9-27H2,2-8H3,(H,44,47)(H,45,50)(H,48,49)/t30-,31+,32-,33?,34-,37+,40-,41+,42+,43-/m0/s1. The maximum Gasteiger partial charge on any atom is 0.303 e. The second kappa shape index (κ2) is 15.2. The van der Waals surface area contributed by atoms with Gasteiger partial charge in [-0.3, -0.25) is 19.2 Å². The van der Waals surface area contributed by atoms with Crippen LogP contribution in [0.5, 0.6) is 0 Å². The summed E-state index contributed by atoms with van der Waals surface area (Å²) in [7, 11) is 0. The predicted molar refractivity (Wildman–Crippen MR) is 200 cm³/mol. The van der Waals surface area contributed by atoms with Crippen molar-refractivity contribution in [1.82, 2.24) is 10.6 Å². The Morgan fingerprint density at radius 3 is 2.12 bits per heavy atom. The van der Waals surface area contributed by atoms with Crippen LogP contribution in [0.15, 0.2) is 12.2 Å². The van der Waals surface area contributed by atoms with E-state index in [0.29, 0.717) is 43.2 Å². The number of allylic oxidation sites excluding steroid dienone is 1. The van der Waals surface area contributed by atoms with Crippen molar-refractivity contribution < 1.29 is 29.0 Å². The van der Waals surface area contributed by atoms with Gasteiger partial charge in [0.25, 0.3) is 0 Å². The lowest BCUT2D eigenvalue weighted by atomic mass is 9.32. The van der Waals surface area contributed by atoms with Gasteiger partial charge in [0.05, 0.1) is 5.41 Å². The summed E-state index contributed by atoms with van der Waals surface area (Å²) >= 11 is 0. The second-order valence-electron chi connectivity index (χ2n) is 19.1. The molecule has 0 aromatic rings. The summed E-state index contributed by atoms with van der Waals surface area (Å²) in [6.07, 6.45) is 15.5. The Balaban J connectivity index is 1.24. The third-order valence-electron chi connectivity index (χ3n) is 16.3. The largest absolute Gasteiger partial charge is 0.481 e. The molecule has 2 amide bonds. The van der Waals surface area contributed by atoms with E-state index in [4.69, 9.17) is 9.84 Å². The summed E-state index contributed by atoms with van der Waals surface area (Å²) in [4.78, 5) is 49.8. The van der Waals surface area contributed by atoms with Gasteiger partial charge < -0.3 is 20.5 Å². The molecule has 0 radical (unpaired) electrons. The average molecular weight is 711 g/mol. The van der Waals surface area contributed by atoms with Crippen molar-refractivity contribution in [1.29, 1.82) is 0 Å². The van der Waals surface area contributed by atoms with Crippen LogP contribution in [0.25, 0.3) is 0 Å². The molecule has 288 valence electrons. The highest BCUT2D eigenvalue weighted by molar-refractivity contribution is 5.84. The van der Waals surface area contributed by atoms with E-state index in [1.807, 2.05) is 0 Å². The minimum absolute atomic E-state index is 0.0212. The Kier molecular flexibility index (Phi) is 11.8. The lowest BCUT2D eigenvalue weighted by molar-refractivity contribution is -0.248. The molecule has 5 saturated carbocycles. The zero-order chi connectivity index (χ0) is 37.4. The molecule has 5 rings (SSSR count). The maximum atomic E-state index is 14.4. The molecule has 1 unspecified atom stereocenters. The fourth-order valence-corrected chi connectivity index (χ4v) is 13.6. The smallest absolute Gasteiger partial charge is 0.303 e. The quantitative estimate of drug-likeness (QED) is 0.0943. The highest BCUT2D eigenvalue weighted by Crippen LogP contribution is 2.77. The fraction of sp³-hybridized carbons (Fsp3) is 0.860. The van der Waals surface area contributed by atoms with Gasteiger partial charge in [0.1, 0.15) is 6.10 Å². The monoisotopic (exact) mass is 711 g/mol. The number of nitrogens with one attached hydrogen (secondary N) is 2. The number of unbranched alkanes of at least 4 members (excludes halogenated alkanes) is 4. The summed E-state index contributed by atoms with van der Waals surface area (Å²) in [6, 6.07) is 0. The van der Waals surface area contributed by atoms with Gasteiger partial charge in [0, 0.05) is 38.3 Å². The Hall–Kier alpha value is -2.38. The van der Waals surface area contributed by atoms with Crippen molar-refractivity contribution in [3.05, 3.63) is 12.2 Å². The normalized spacial score (nSPS) is 39.4. The lowest BCUT2D eigenvalue weighted by Gasteiger charge is -2.72. The van der Waals surface area contributed by atoms with Crippen LogP contribution < -0.4 is 10.6 Å². The third-order valence-corrected chi connectivity index (χ3v) is 16.3. The van der Waals surface area contributed by atoms with Crippen molar-refractivity contribution in [3.63, 3.8) is 0 Å². The maximum absolute atomic E-state index is 14.4. The Bertz CT molecular complexity index is 1340. The fourth-order valence-electron chi connectivity index (χ4n) is 13.6. The number of amides is 2. The first-order chi connectivity index (χ1) is 23.9. The van der Waals surface area contributed by atoms with Gasteiger partial charge in [0.2, 0.25) is 11.8 Å². The van der Waals surface area contributed by atoms with Crippen molar-refractivity contribution in [3.8, 4) is 0 Å². The minimum Gasteiger partial charge on any atom is -0.481 e. The molecule has 0 aromatic heterocycles.